The largest absolute Gasteiger partial charge is 0.360 e. The molecule has 0 aliphatic heterocycles. The second-order valence-electron chi connectivity index (χ2n) is 4.91. The molecule has 0 unspecified atom stereocenters. The van der Waals surface area contributed by atoms with Crippen molar-refractivity contribution in [3.8, 4) is 0 Å². The number of nitrogens with one attached hydrogen (secondary N) is 2. The number of halogens is 1. The van der Waals surface area contributed by atoms with Gasteiger partial charge in [-0.2, -0.15) is 0 Å². The summed E-state index contributed by atoms with van der Waals surface area (Å²) >= 11 is 2.76. The maximum atomic E-state index is 13.1. The van der Waals surface area contributed by atoms with E-state index in [9.17, 15) is 9.18 Å². The summed E-state index contributed by atoms with van der Waals surface area (Å²) in [5.41, 5.74) is 0.446. The average molecular weight is 354 g/mol. The van der Waals surface area contributed by atoms with E-state index >= 15 is 0 Å². The van der Waals surface area contributed by atoms with Gasteiger partial charge in [0.2, 0.25) is 11.0 Å². The van der Waals surface area contributed by atoms with Crippen molar-refractivity contribution in [1.29, 1.82) is 0 Å². The monoisotopic (exact) mass is 354 g/mol. The second kappa shape index (κ2) is 8.83. The molecule has 0 saturated carbocycles. The van der Waals surface area contributed by atoms with Crippen LogP contribution in [0.2, 0.25) is 0 Å². The molecule has 5 nitrogen and oxygen atoms in total. The highest BCUT2D eigenvalue weighted by atomic mass is 32.2. The molecule has 0 aliphatic carbocycles. The van der Waals surface area contributed by atoms with Gasteiger partial charge in [-0.25, -0.2) is 4.39 Å². The van der Waals surface area contributed by atoms with Crippen LogP contribution in [0.15, 0.2) is 28.6 Å². The Kier molecular flexibility index (Phi) is 6.79. The molecule has 2 N–H and O–H groups in total. The highest BCUT2D eigenvalue weighted by molar-refractivity contribution is 8.02. The Balaban J connectivity index is 1.85. The maximum Gasteiger partial charge on any atom is 0.237 e. The average Bonchev–Trinajstić information content (AvgIpc) is 2.95. The minimum Gasteiger partial charge on any atom is -0.360 e. The van der Waals surface area contributed by atoms with E-state index in [1.165, 1.54) is 35.2 Å². The molecule has 1 heterocycles. The topological polar surface area (TPSA) is 66.9 Å². The normalized spacial score (nSPS) is 12.0. The van der Waals surface area contributed by atoms with Crippen LogP contribution in [0.4, 0.5) is 15.2 Å². The molecular weight excluding hydrogens is 335 g/mol. The minimum atomic E-state index is -0.380. The molecule has 0 fully saturated rings. The number of anilines is 2. The maximum absolute atomic E-state index is 13.1. The third-order valence-electron chi connectivity index (χ3n) is 2.95. The predicted octanol–water partition coefficient (Wildman–Crippen LogP) is 4.01. The van der Waals surface area contributed by atoms with Crippen LogP contribution in [0.25, 0.3) is 0 Å². The molecular formula is C15H19FN4OS2. The molecule has 0 radical (unpaired) electrons. The van der Waals surface area contributed by atoms with E-state index in [1.807, 2.05) is 0 Å². The van der Waals surface area contributed by atoms with Gasteiger partial charge in [0.1, 0.15) is 5.82 Å². The Morgan fingerprint density at radius 1 is 1.43 bits per heavy atom. The lowest BCUT2D eigenvalue weighted by atomic mass is 10.3. The number of carbonyl (C=O) groups is 1. The summed E-state index contributed by atoms with van der Waals surface area (Å²) in [5, 5.41) is 14.4. The Bertz CT molecular complexity index is 650. The Morgan fingerprint density at radius 2 is 2.26 bits per heavy atom. The summed E-state index contributed by atoms with van der Waals surface area (Å²) in [7, 11) is 0. The van der Waals surface area contributed by atoms with Crippen LogP contribution in [0.5, 0.6) is 0 Å². The van der Waals surface area contributed by atoms with Crippen LogP contribution < -0.4 is 10.6 Å². The van der Waals surface area contributed by atoms with Crippen LogP contribution in [0, 0.1) is 5.82 Å². The van der Waals surface area contributed by atoms with Crippen molar-refractivity contribution in [1.82, 2.24) is 10.2 Å². The second-order valence-corrected chi connectivity index (χ2v) is 7.48. The first-order valence-corrected chi connectivity index (χ1v) is 9.08. The van der Waals surface area contributed by atoms with E-state index in [2.05, 4.69) is 27.8 Å². The summed E-state index contributed by atoms with van der Waals surface area (Å²) in [5.74, 6) is -0.577. The third-order valence-corrected chi connectivity index (χ3v) is 5.02. The highest BCUT2D eigenvalue weighted by Gasteiger charge is 2.17. The molecule has 0 bridgehead atoms. The molecule has 0 spiro atoms. The Morgan fingerprint density at radius 3 is 3.00 bits per heavy atom. The quantitative estimate of drug-likeness (QED) is 0.554. The molecule has 2 rings (SSSR count). The van der Waals surface area contributed by atoms with Gasteiger partial charge >= 0.3 is 0 Å². The van der Waals surface area contributed by atoms with Gasteiger partial charge in [-0.1, -0.05) is 42.5 Å². The summed E-state index contributed by atoms with van der Waals surface area (Å²) in [6.45, 7) is 4.78. The number of benzene rings is 1. The fourth-order valence-corrected chi connectivity index (χ4v) is 3.64. The van der Waals surface area contributed by atoms with Crippen LogP contribution >= 0.6 is 23.1 Å². The van der Waals surface area contributed by atoms with Crippen molar-refractivity contribution in [2.24, 2.45) is 0 Å². The zero-order valence-electron chi connectivity index (χ0n) is 13.0. The lowest BCUT2D eigenvalue weighted by Gasteiger charge is -2.10. The summed E-state index contributed by atoms with van der Waals surface area (Å²) in [4.78, 5) is 12.1. The minimum absolute atomic E-state index is 0.198. The van der Waals surface area contributed by atoms with Crippen molar-refractivity contribution >= 4 is 39.8 Å². The van der Waals surface area contributed by atoms with Gasteiger partial charge in [0, 0.05) is 12.2 Å². The zero-order chi connectivity index (χ0) is 16.7. The van der Waals surface area contributed by atoms with Gasteiger partial charge in [-0.3, -0.25) is 4.79 Å². The molecule has 1 amide bonds. The number of carbonyl (C=O) groups excluding carboxylic acids is 1. The van der Waals surface area contributed by atoms with Gasteiger partial charge in [-0.05, 0) is 31.5 Å². The smallest absolute Gasteiger partial charge is 0.237 e. The van der Waals surface area contributed by atoms with Crippen molar-refractivity contribution in [3.63, 3.8) is 0 Å². The van der Waals surface area contributed by atoms with Crippen molar-refractivity contribution in [3.05, 3.63) is 30.1 Å². The first kappa shape index (κ1) is 17.7. The molecule has 0 saturated heterocycles. The van der Waals surface area contributed by atoms with E-state index < -0.39 is 0 Å². The Labute approximate surface area is 143 Å². The highest BCUT2D eigenvalue weighted by Crippen LogP contribution is 2.29. The molecule has 8 heteroatoms. The fraction of sp³-hybridized carbons (Fsp3) is 0.400. The molecule has 124 valence electrons. The molecule has 23 heavy (non-hydrogen) atoms. The van der Waals surface area contributed by atoms with E-state index in [1.54, 1.807) is 19.1 Å². The van der Waals surface area contributed by atoms with Crippen LogP contribution in [0.3, 0.4) is 0 Å². The molecule has 1 aromatic heterocycles. The zero-order valence-corrected chi connectivity index (χ0v) is 14.6. The summed E-state index contributed by atoms with van der Waals surface area (Å²) < 4.78 is 13.8. The molecule has 1 atom stereocenters. The van der Waals surface area contributed by atoms with Gasteiger partial charge in [-0.15, -0.1) is 10.2 Å². The third kappa shape index (κ3) is 5.80. The van der Waals surface area contributed by atoms with Crippen molar-refractivity contribution in [2.75, 3.05) is 17.2 Å². The number of aromatic nitrogens is 2. The van der Waals surface area contributed by atoms with E-state index in [-0.39, 0.29) is 17.0 Å². The standard InChI is InChI=1S/C15H19FN4OS2/c1-3-4-8-17-14-19-20-15(23-14)22-10(2)13(21)18-12-7-5-6-11(16)9-12/h5-7,9-10H,3-4,8H2,1-2H3,(H,17,19)(H,18,21)/t10-/m1/s1. The van der Waals surface area contributed by atoms with E-state index in [4.69, 9.17) is 0 Å². The van der Waals surface area contributed by atoms with E-state index in [0.29, 0.717) is 5.69 Å². The SMILES string of the molecule is CCCCNc1nnc(S[C@H](C)C(=O)Nc2cccc(F)c2)s1. The number of hydrogen-bond donors (Lipinski definition) is 2. The summed E-state index contributed by atoms with van der Waals surface area (Å²) in [6, 6.07) is 5.83. The van der Waals surface area contributed by atoms with Crippen LogP contribution in [-0.4, -0.2) is 27.9 Å². The van der Waals surface area contributed by atoms with Crippen molar-refractivity contribution < 1.29 is 9.18 Å². The summed E-state index contributed by atoms with van der Waals surface area (Å²) in [6.07, 6.45) is 2.19. The number of amides is 1. The van der Waals surface area contributed by atoms with Gasteiger partial charge in [0.05, 0.1) is 5.25 Å². The fourth-order valence-electron chi connectivity index (χ4n) is 1.72. The lowest BCUT2D eigenvalue weighted by Crippen LogP contribution is -2.22. The number of hydrogen-bond acceptors (Lipinski definition) is 6. The molecule has 2 aromatic rings. The number of rotatable bonds is 8. The predicted molar refractivity (Wildman–Crippen MR) is 93.7 cm³/mol. The van der Waals surface area contributed by atoms with Gasteiger partial charge in [0.25, 0.3) is 0 Å². The van der Waals surface area contributed by atoms with Crippen LogP contribution in [0.1, 0.15) is 26.7 Å². The van der Waals surface area contributed by atoms with E-state index in [0.717, 1.165) is 28.9 Å². The molecule has 0 aliphatic rings. The first-order chi connectivity index (χ1) is 11.1. The van der Waals surface area contributed by atoms with Gasteiger partial charge in [0.15, 0.2) is 4.34 Å². The lowest BCUT2D eigenvalue weighted by molar-refractivity contribution is -0.115. The number of thioether (sulfide) groups is 1. The van der Waals surface area contributed by atoms with Crippen molar-refractivity contribution in [2.45, 2.75) is 36.3 Å². The van der Waals surface area contributed by atoms with Gasteiger partial charge < -0.3 is 10.6 Å². The number of nitrogens with zero attached hydrogens (tertiary/aromatic N) is 2. The molecule has 1 aromatic carbocycles. The Hall–Kier alpha value is -1.67. The number of unbranched alkanes of at least 4 members (excludes halogenated alkanes) is 1. The van der Waals surface area contributed by atoms with Crippen LogP contribution in [-0.2, 0) is 4.79 Å². The first-order valence-electron chi connectivity index (χ1n) is 7.39.